The lowest BCUT2D eigenvalue weighted by Gasteiger charge is -2.36. The van der Waals surface area contributed by atoms with E-state index in [1.165, 1.54) is 4.90 Å². The minimum absolute atomic E-state index is 0.0874. The first kappa shape index (κ1) is 31.3. The number of likely N-dealkylation sites (tertiary alicyclic amines) is 1. The molecule has 1 aromatic carbocycles. The number of ether oxygens (including phenoxy) is 3. The molecule has 2 aliphatic heterocycles. The maximum atomic E-state index is 13.1. The number of carbonyl (C=O) groups excluding carboxylic acids is 3. The highest BCUT2D eigenvalue weighted by Gasteiger charge is 2.38. The summed E-state index contributed by atoms with van der Waals surface area (Å²) in [5.41, 5.74) is 6.35. The standard InChI is InChI=1S/C22H30N4O6.C2HF3O2/c1-3-30-19(27)13-32-16-6-8-25(9-7-16)21(28)14(2)26-10-11-31-18-12-15(20(23)24)4-5-17(18)22(26)29;3-2(4,5)1(6)7/h4-5,12,14,16H,3,6-11,13H2,1-2H3,(H3,23,24);(H,6,7)/t14-;/m0./s1. The third-order valence-electron chi connectivity index (χ3n) is 5.94. The topological polar surface area (TPSA) is 173 Å². The van der Waals surface area contributed by atoms with E-state index in [9.17, 15) is 27.6 Å². The Kier molecular flexibility index (Phi) is 11.1. The van der Waals surface area contributed by atoms with E-state index in [-0.39, 0.29) is 43.5 Å². The number of carboxylic acids is 1. The van der Waals surface area contributed by atoms with Gasteiger partial charge in [0, 0.05) is 18.7 Å². The molecule has 12 nitrogen and oxygen atoms in total. The first-order chi connectivity index (χ1) is 18.3. The number of rotatable bonds is 7. The fourth-order valence-corrected chi connectivity index (χ4v) is 3.89. The van der Waals surface area contributed by atoms with Gasteiger partial charge in [-0.2, -0.15) is 13.2 Å². The van der Waals surface area contributed by atoms with Gasteiger partial charge in [-0.05, 0) is 38.8 Å². The van der Waals surface area contributed by atoms with Crippen molar-refractivity contribution in [2.45, 2.75) is 45.0 Å². The summed E-state index contributed by atoms with van der Waals surface area (Å²) < 4.78 is 47.9. The number of fused-ring (bicyclic) bond motifs is 1. The highest BCUT2D eigenvalue weighted by Crippen LogP contribution is 2.26. The maximum absolute atomic E-state index is 13.1. The van der Waals surface area contributed by atoms with E-state index in [0.29, 0.717) is 49.4 Å². The van der Waals surface area contributed by atoms with Gasteiger partial charge < -0.3 is 34.9 Å². The lowest BCUT2D eigenvalue weighted by Crippen LogP contribution is -2.52. The summed E-state index contributed by atoms with van der Waals surface area (Å²) in [4.78, 5) is 49.8. The Morgan fingerprint density at radius 1 is 1.23 bits per heavy atom. The predicted octanol–water partition coefficient (Wildman–Crippen LogP) is 1.40. The number of amides is 2. The minimum Gasteiger partial charge on any atom is -0.491 e. The molecule has 3 rings (SSSR count). The number of piperidine rings is 1. The molecule has 1 fully saturated rings. The monoisotopic (exact) mass is 560 g/mol. The summed E-state index contributed by atoms with van der Waals surface area (Å²) >= 11 is 0. The Labute approximate surface area is 222 Å². The first-order valence-corrected chi connectivity index (χ1v) is 12.0. The van der Waals surface area contributed by atoms with Crippen molar-refractivity contribution in [3.05, 3.63) is 29.3 Å². The van der Waals surface area contributed by atoms with Crippen molar-refractivity contribution in [3.63, 3.8) is 0 Å². The number of carboxylic acid groups (broad SMARTS) is 1. The maximum Gasteiger partial charge on any atom is 0.490 e. The van der Waals surface area contributed by atoms with Crippen molar-refractivity contribution in [3.8, 4) is 5.75 Å². The van der Waals surface area contributed by atoms with E-state index in [0.717, 1.165) is 0 Å². The first-order valence-electron chi connectivity index (χ1n) is 12.0. The predicted molar refractivity (Wildman–Crippen MR) is 129 cm³/mol. The van der Waals surface area contributed by atoms with Crippen molar-refractivity contribution in [2.24, 2.45) is 5.73 Å². The lowest BCUT2D eigenvalue weighted by atomic mass is 10.1. The summed E-state index contributed by atoms with van der Waals surface area (Å²) in [6, 6.07) is 4.10. The second kappa shape index (κ2) is 13.8. The van der Waals surface area contributed by atoms with E-state index < -0.39 is 24.2 Å². The van der Waals surface area contributed by atoms with E-state index in [4.69, 9.17) is 35.3 Å². The molecule has 0 aliphatic carbocycles. The number of hydrogen-bond acceptors (Lipinski definition) is 8. The van der Waals surface area contributed by atoms with Gasteiger partial charge in [0.25, 0.3) is 5.91 Å². The summed E-state index contributed by atoms with van der Waals surface area (Å²) in [6.45, 7) is 5.19. The van der Waals surface area contributed by atoms with E-state index >= 15 is 0 Å². The van der Waals surface area contributed by atoms with Crippen LogP contribution in [0.3, 0.4) is 0 Å². The molecule has 0 bridgehead atoms. The van der Waals surface area contributed by atoms with Crippen LogP contribution in [0.25, 0.3) is 0 Å². The van der Waals surface area contributed by atoms with Crippen LogP contribution in [0.2, 0.25) is 0 Å². The van der Waals surface area contributed by atoms with Crippen LogP contribution in [-0.2, 0) is 23.9 Å². The molecule has 0 aromatic heterocycles. The Balaban J connectivity index is 0.000000673. The molecule has 1 atom stereocenters. The van der Waals surface area contributed by atoms with Gasteiger partial charge in [-0.1, -0.05) is 6.07 Å². The van der Waals surface area contributed by atoms with Crippen LogP contribution in [0, 0.1) is 5.41 Å². The van der Waals surface area contributed by atoms with Crippen molar-refractivity contribution in [1.82, 2.24) is 9.80 Å². The third kappa shape index (κ3) is 8.84. The number of nitrogens with one attached hydrogen (secondary N) is 1. The van der Waals surface area contributed by atoms with Crippen LogP contribution < -0.4 is 10.5 Å². The lowest BCUT2D eigenvalue weighted by molar-refractivity contribution is -0.192. The van der Waals surface area contributed by atoms with Gasteiger partial charge in [0.2, 0.25) is 5.91 Å². The SMILES string of the molecule is CCOC(=O)COC1CCN(C(=O)[C@H](C)N2CCOc3cc(C(=N)N)ccc3C2=O)CC1.O=C(O)C(F)(F)F. The van der Waals surface area contributed by atoms with E-state index in [2.05, 4.69) is 0 Å². The van der Waals surface area contributed by atoms with Crippen LogP contribution in [0.1, 0.15) is 42.6 Å². The Hall–Kier alpha value is -3.88. The summed E-state index contributed by atoms with van der Waals surface area (Å²) in [5, 5.41) is 14.7. The Morgan fingerprint density at radius 3 is 2.38 bits per heavy atom. The number of benzene rings is 1. The molecule has 1 aromatic rings. The van der Waals surface area contributed by atoms with Crippen molar-refractivity contribution < 1.29 is 51.7 Å². The largest absolute Gasteiger partial charge is 0.491 e. The fraction of sp³-hybridized carbons (Fsp3) is 0.542. The Bertz CT molecular complexity index is 1070. The van der Waals surface area contributed by atoms with Gasteiger partial charge >= 0.3 is 18.1 Å². The molecule has 0 radical (unpaired) electrons. The number of hydrogen-bond donors (Lipinski definition) is 3. The summed E-state index contributed by atoms with van der Waals surface area (Å²) in [5.74, 6) is -3.32. The Morgan fingerprint density at radius 2 is 1.85 bits per heavy atom. The van der Waals surface area contributed by atoms with Crippen LogP contribution >= 0.6 is 0 Å². The molecule has 2 amide bonds. The molecular formula is C24H31F3N4O8. The van der Waals surface area contributed by atoms with Crippen LogP contribution in [0.15, 0.2) is 18.2 Å². The number of nitrogens with zero attached hydrogens (tertiary/aromatic N) is 2. The summed E-state index contributed by atoms with van der Waals surface area (Å²) in [7, 11) is 0. The minimum atomic E-state index is -5.08. The van der Waals surface area contributed by atoms with Gasteiger partial charge in [-0.3, -0.25) is 15.0 Å². The zero-order chi connectivity index (χ0) is 29.3. The molecule has 0 unspecified atom stereocenters. The number of aliphatic carboxylic acids is 1. The van der Waals surface area contributed by atoms with Gasteiger partial charge in [0.1, 0.15) is 30.8 Å². The molecule has 1 saturated heterocycles. The number of carbonyl (C=O) groups is 4. The molecule has 39 heavy (non-hydrogen) atoms. The van der Waals surface area contributed by atoms with Gasteiger partial charge in [-0.25, -0.2) is 9.59 Å². The van der Waals surface area contributed by atoms with Gasteiger partial charge in [0.15, 0.2) is 0 Å². The second-order valence-electron chi connectivity index (χ2n) is 8.59. The van der Waals surface area contributed by atoms with Crippen molar-refractivity contribution >= 4 is 29.6 Å². The molecular weight excluding hydrogens is 529 g/mol. The quantitative estimate of drug-likeness (QED) is 0.253. The van der Waals surface area contributed by atoms with Gasteiger partial charge in [-0.15, -0.1) is 0 Å². The van der Waals surface area contributed by atoms with Crippen LogP contribution in [-0.4, -0.2) is 102 Å². The average molecular weight is 561 g/mol. The highest BCUT2D eigenvalue weighted by molar-refractivity contribution is 6.02. The number of alkyl halides is 3. The number of esters is 1. The van der Waals surface area contributed by atoms with Crippen molar-refractivity contribution in [1.29, 1.82) is 5.41 Å². The number of halogens is 3. The van der Waals surface area contributed by atoms with E-state index in [1.807, 2.05) is 0 Å². The molecule has 0 saturated carbocycles. The second-order valence-corrected chi connectivity index (χ2v) is 8.59. The number of amidine groups is 1. The van der Waals surface area contributed by atoms with E-state index in [1.54, 1.807) is 36.9 Å². The van der Waals surface area contributed by atoms with Crippen molar-refractivity contribution in [2.75, 3.05) is 39.5 Å². The normalized spacial score (nSPS) is 16.6. The third-order valence-corrected chi connectivity index (χ3v) is 5.94. The highest BCUT2D eigenvalue weighted by atomic mass is 19.4. The summed E-state index contributed by atoms with van der Waals surface area (Å²) in [6.07, 6.45) is -3.95. The van der Waals surface area contributed by atoms with Crippen LogP contribution in [0.4, 0.5) is 13.2 Å². The van der Waals surface area contributed by atoms with Gasteiger partial charge in [0.05, 0.1) is 24.8 Å². The molecule has 4 N–H and O–H groups in total. The molecule has 2 heterocycles. The molecule has 0 spiro atoms. The fourth-order valence-electron chi connectivity index (χ4n) is 3.89. The number of nitrogen functional groups attached to an aromatic ring is 1. The molecule has 15 heteroatoms. The smallest absolute Gasteiger partial charge is 0.490 e. The average Bonchev–Trinajstić information content (AvgIpc) is 3.05. The molecule has 216 valence electrons. The zero-order valence-corrected chi connectivity index (χ0v) is 21.5. The zero-order valence-electron chi connectivity index (χ0n) is 21.5. The number of nitrogens with two attached hydrogens (primary N) is 1. The van der Waals surface area contributed by atoms with Crippen LogP contribution in [0.5, 0.6) is 5.75 Å². The molecule has 2 aliphatic rings.